The largest absolute Gasteiger partial charge is 0.550 e. The van der Waals surface area contributed by atoms with Gasteiger partial charge in [-0.2, -0.15) is 0 Å². The summed E-state index contributed by atoms with van der Waals surface area (Å²) in [4.78, 5) is 10.1. The molecular weight excluding hydrogens is 254 g/mol. The van der Waals surface area contributed by atoms with Gasteiger partial charge in [-0.1, -0.05) is 29.8 Å². The second kappa shape index (κ2) is 6.32. The highest BCUT2D eigenvalue weighted by Gasteiger charge is 2.03. The summed E-state index contributed by atoms with van der Waals surface area (Å²) in [5.41, 5.74) is 1.84. The number of nitrogens with one attached hydrogen (secondary N) is 1. The van der Waals surface area contributed by atoms with E-state index in [-0.39, 0.29) is 13.0 Å². The maximum absolute atomic E-state index is 11.4. The summed E-state index contributed by atoms with van der Waals surface area (Å²) in [7, 11) is -3.61. The molecule has 0 fully saturated rings. The van der Waals surface area contributed by atoms with Gasteiger partial charge in [-0.3, -0.25) is 0 Å². The van der Waals surface area contributed by atoms with Crippen molar-refractivity contribution in [2.45, 2.75) is 13.3 Å². The molecule has 1 rings (SSSR count). The van der Waals surface area contributed by atoms with E-state index in [1.165, 1.54) is 6.08 Å². The molecule has 0 atom stereocenters. The van der Waals surface area contributed by atoms with Gasteiger partial charge in [-0.15, -0.1) is 0 Å². The summed E-state index contributed by atoms with van der Waals surface area (Å²) >= 11 is 0. The SMILES string of the molecule is Cc1ccc(/C=C/S(=O)(=O)NCCC(=O)[O-])cc1. The topological polar surface area (TPSA) is 86.3 Å². The molecule has 0 saturated heterocycles. The van der Waals surface area contributed by atoms with Crippen LogP contribution in [0.2, 0.25) is 0 Å². The van der Waals surface area contributed by atoms with Crippen molar-refractivity contribution < 1.29 is 18.3 Å². The maximum Gasteiger partial charge on any atom is 0.233 e. The summed E-state index contributed by atoms with van der Waals surface area (Å²) in [5, 5.41) is 11.1. The van der Waals surface area contributed by atoms with Gasteiger partial charge in [0.05, 0.1) is 0 Å². The molecule has 1 N–H and O–H groups in total. The molecule has 18 heavy (non-hydrogen) atoms. The summed E-state index contributed by atoms with van der Waals surface area (Å²) in [6, 6.07) is 7.33. The van der Waals surface area contributed by atoms with Crippen LogP contribution in [0.3, 0.4) is 0 Å². The number of sulfonamides is 1. The van der Waals surface area contributed by atoms with Crippen LogP contribution in [-0.4, -0.2) is 20.9 Å². The molecule has 0 heterocycles. The van der Waals surface area contributed by atoms with E-state index in [2.05, 4.69) is 4.72 Å². The first-order valence-corrected chi connectivity index (χ1v) is 6.88. The van der Waals surface area contributed by atoms with Crippen molar-refractivity contribution in [3.63, 3.8) is 0 Å². The number of hydrogen-bond acceptors (Lipinski definition) is 4. The van der Waals surface area contributed by atoms with E-state index in [9.17, 15) is 18.3 Å². The Labute approximate surface area is 106 Å². The van der Waals surface area contributed by atoms with Gasteiger partial charge in [0.1, 0.15) is 0 Å². The highest BCUT2D eigenvalue weighted by molar-refractivity contribution is 7.92. The van der Waals surface area contributed by atoms with Crippen LogP contribution in [0.15, 0.2) is 29.7 Å². The molecule has 0 aliphatic carbocycles. The van der Waals surface area contributed by atoms with Crippen molar-refractivity contribution in [1.82, 2.24) is 4.72 Å². The zero-order valence-electron chi connectivity index (χ0n) is 9.92. The van der Waals surface area contributed by atoms with E-state index in [4.69, 9.17) is 0 Å². The smallest absolute Gasteiger partial charge is 0.233 e. The van der Waals surface area contributed by atoms with Crippen LogP contribution >= 0.6 is 0 Å². The second-order valence-corrected chi connectivity index (χ2v) is 5.43. The van der Waals surface area contributed by atoms with Gasteiger partial charge in [0.2, 0.25) is 10.0 Å². The fourth-order valence-electron chi connectivity index (χ4n) is 1.19. The van der Waals surface area contributed by atoms with Crippen LogP contribution in [0.1, 0.15) is 17.5 Å². The van der Waals surface area contributed by atoms with Crippen LogP contribution < -0.4 is 9.83 Å². The van der Waals surface area contributed by atoms with Crippen molar-refractivity contribution >= 4 is 22.1 Å². The Hall–Kier alpha value is -1.66. The fraction of sp³-hybridized carbons (Fsp3) is 0.250. The maximum atomic E-state index is 11.4. The zero-order valence-corrected chi connectivity index (χ0v) is 10.7. The summed E-state index contributed by atoms with van der Waals surface area (Å²) in [5.74, 6) is -1.29. The van der Waals surface area contributed by atoms with Crippen LogP contribution in [0.25, 0.3) is 6.08 Å². The molecule has 5 nitrogen and oxygen atoms in total. The normalized spacial score (nSPS) is 11.8. The Bertz CT molecular complexity index is 532. The molecule has 0 bridgehead atoms. The van der Waals surface area contributed by atoms with Gasteiger partial charge in [0.25, 0.3) is 0 Å². The highest BCUT2D eigenvalue weighted by Crippen LogP contribution is 2.05. The van der Waals surface area contributed by atoms with Crippen molar-refractivity contribution in [3.8, 4) is 0 Å². The van der Waals surface area contributed by atoms with E-state index < -0.39 is 16.0 Å². The number of carboxylic acids is 1. The monoisotopic (exact) mass is 268 g/mol. The molecule has 0 saturated carbocycles. The molecule has 1 aromatic carbocycles. The number of carboxylic acid groups (broad SMARTS) is 1. The van der Waals surface area contributed by atoms with E-state index in [0.29, 0.717) is 0 Å². The first kappa shape index (κ1) is 14.4. The average Bonchev–Trinajstić information content (AvgIpc) is 2.27. The van der Waals surface area contributed by atoms with E-state index in [1.807, 2.05) is 19.1 Å². The summed E-state index contributed by atoms with van der Waals surface area (Å²) in [6.45, 7) is 1.76. The fourth-order valence-corrected chi connectivity index (χ4v) is 2.01. The predicted molar refractivity (Wildman–Crippen MR) is 66.8 cm³/mol. The molecular formula is C12H14NO4S-. The lowest BCUT2D eigenvalue weighted by atomic mass is 10.2. The molecule has 98 valence electrons. The Balaban J connectivity index is 2.59. The molecule has 0 spiro atoms. The third kappa shape index (κ3) is 5.60. The minimum absolute atomic E-state index is 0.178. The highest BCUT2D eigenvalue weighted by atomic mass is 32.2. The molecule has 0 aromatic heterocycles. The number of aryl methyl sites for hydroxylation is 1. The number of carbonyl (C=O) groups is 1. The average molecular weight is 268 g/mol. The Morgan fingerprint density at radius 3 is 2.50 bits per heavy atom. The zero-order chi connectivity index (χ0) is 13.6. The standard InChI is InChI=1S/C12H15NO4S/c1-10-2-4-11(5-3-10)7-9-18(16,17)13-8-6-12(14)15/h2-5,7,9,13H,6,8H2,1H3,(H,14,15)/p-1/b9-7+. The van der Waals surface area contributed by atoms with Crippen molar-refractivity contribution in [2.24, 2.45) is 0 Å². The lowest BCUT2D eigenvalue weighted by Gasteiger charge is -2.03. The molecule has 0 aliphatic rings. The molecule has 0 amide bonds. The number of aliphatic carboxylic acids is 1. The molecule has 0 radical (unpaired) electrons. The van der Waals surface area contributed by atoms with E-state index in [0.717, 1.165) is 16.5 Å². The minimum Gasteiger partial charge on any atom is -0.550 e. The predicted octanol–water partition coefficient (Wildman–Crippen LogP) is 0.0251. The third-order valence-electron chi connectivity index (χ3n) is 2.15. The lowest BCUT2D eigenvalue weighted by molar-refractivity contribution is -0.305. The summed E-state index contributed by atoms with van der Waals surface area (Å²) < 4.78 is 25.0. The number of rotatable bonds is 6. The number of carbonyl (C=O) groups excluding carboxylic acids is 1. The number of benzene rings is 1. The third-order valence-corrected chi connectivity index (χ3v) is 3.25. The molecule has 0 unspecified atom stereocenters. The van der Waals surface area contributed by atoms with Gasteiger partial charge in [0.15, 0.2) is 0 Å². The second-order valence-electron chi connectivity index (χ2n) is 3.77. The van der Waals surface area contributed by atoms with Gasteiger partial charge < -0.3 is 9.90 Å². The van der Waals surface area contributed by atoms with Crippen molar-refractivity contribution in [1.29, 1.82) is 0 Å². The van der Waals surface area contributed by atoms with Crippen LogP contribution in [-0.2, 0) is 14.8 Å². The van der Waals surface area contributed by atoms with Crippen molar-refractivity contribution in [3.05, 3.63) is 40.8 Å². The van der Waals surface area contributed by atoms with Crippen LogP contribution in [0.5, 0.6) is 0 Å². The molecule has 1 aromatic rings. The minimum atomic E-state index is -3.61. The molecule has 6 heteroatoms. The Morgan fingerprint density at radius 2 is 1.94 bits per heavy atom. The molecule has 0 aliphatic heterocycles. The lowest BCUT2D eigenvalue weighted by Crippen LogP contribution is -2.30. The quantitative estimate of drug-likeness (QED) is 0.788. The Kier molecular flexibility index (Phi) is 5.06. The first-order chi connectivity index (χ1) is 8.39. The van der Waals surface area contributed by atoms with E-state index in [1.54, 1.807) is 12.1 Å². The number of hydrogen-bond donors (Lipinski definition) is 1. The van der Waals surface area contributed by atoms with Gasteiger partial charge in [-0.05, 0) is 18.6 Å². The van der Waals surface area contributed by atoms with Gasteiger partial charge in [-0.25, -0.2) is 13.1 Å². The van der Waals surface area contributed by atoms with Gasteiger partial charge in [0, 0.05) is 24.3 Å². The first-order valence-electron chi connectivity index (χ1n) is 5.33. The Morgan fingerprint density at radius 1 is 1.33 bits per heavy atom. The van der Waals surface area contributed by atoms with E-state index >= 15 is 0 Å². The summed E-state index contributed by atoms with van der Waals surface area (Å²) in [6.07, 6.45) is 1.10. The van der Waals surface area contributed by atoms with Crippen molar-refractivity contribution in [2.75, 3.05) is 6.54 Å². The van der Waals surface area contributed by atoms with Crippen LogP contribution in [0, 0.1) is 6.92 Å². The van der Waals surface area contributed by atoms with Gasteiger partial charge >= 0.3 is 0 Å². The van der Waals surface area contributed by atoms with Crippen LogP contribution in [0.4, 0.5) is 0 Å².